The Labute approximate surface area is 162 Å². The average molecular weight is 375 g/mol. The molecule has 0 aliphatic heterocycles. The van der Waals surface area contributed by atoms with Gasteiger partial charge in [0.2, 0.25) is 5.88 Å². The number of aromatic nitrogens is 4. The first-order chi connectivity index (χ1) is 13.7. The second kappa shape index (κ2) is 7.66. The number of benzene rings is 1. The molecule has 28 heavy (non-hydrogen) atoms. The van der Waals surface area contributed by atoms with E-state index in [9.17, 15) is 0 Å². The summed E-state index contributed by atoms with van der Waals surface area (Å²) in [5.41, 5.74) is 8.98. The molecule has 4 rings (SSSR count). The molecule has 0 saturated heterocycles. The number of methoxy groups -OCH3 is 1. The minimum Gasteiger partial charge on any atom is -0.484 e. The maximum absolute atomic E-state index is 6.23. The van der Waals surface area contributed by atoms with E-state index in [1.54, 1.807) is 25.7 Å². The van der Waals surface area contributed by atoms with Crippen LogP contribution in [0.3, 0.4) is 0 Å². The van der Waals surface area contributed by atoms with Crippen LogP contribution in [0.25, 0.3) is 16.6 Å². The van der Waals surface area contributed by atoms with Crippen molar-refractivity contribution < 1.29 is 9.47 Å². The summed E-state index contributed by atoms with van der Waals surface area (Å²) >= 11 is 0. The molecule has 7 nitrogen and oxygen atoms in total. The fourth-order valence-corrected chi connectivity index (χ4v) is 3.11. The number of hydrogen-bond donors (Lipinski definition) is 1. The van der Waals surface area contributed by atoms with Gasteiger partial charge in [0.15, 0.2) is 0 Å². The topological polar surface area (TPSA) is 88.1 Å². The zero-order valence-corrected chi connectivity index (χ0v) is 15.7. The van der Waals surface area contributed by atoms with Crippen LogP contribution < -0.4 is 15.2 Å². The fraction of sp³-hybridized carbons (Fsp3) is 0.190. The van der Waals surface area contributed by atoms with E-state index in [1.807, 2.05) is 60.3 Å². The van der Waals surface area contributed by atoms with E-state index in [0.717, 1.165) is 27.9 Å². The van der Waals surface area contributed by atoms with Crippen molar-refractivity contribution in [3.05, 3.63) is 72.8 Å². The van der Waals surface area contributed by atoms with E-state index in [4.69, 9.17) is 15.2 Å². The van der Waals surface area contributed by atoms with Gasteiger partial charge in [0.05, 0.1) is 30.7 Å². The summed E-state index contributed by atoms with van der Waals surface area (Å²) in [5, 5.41) is 5.44. The van der Waals surface area contributed by atoms with Crippen molar-refractivity contribution in [1.29, 1.82) is 0 Å². The quantitative estimate of drug-likeness (QED) is 0.556. The third-order valence-electron chi connectivity index (χ3n) is 4.47. The Morgan fingerprint density at radius 1 is 1.07 bits per heavy atom. The van der Waals surface area contributed by atoms with Gasteiger partial charge < -0.3 is 15.2 Å². The van der Waals surface area contributed by atoms with Gasteiger partial charge in [-0.05, 0) is 43.3 Å². The average Bonchev–Trinajstić information content (AvgIpc) is 3.15. The number of rotatable bonds is 6. The lowest BCUT2D eigenvalue weighted by Crippen LogP contribution is -2.29. The van der Waals surface area contributed by atoms with Crippen molar-refractivity contribution in [3.63, 3.8) is 0 Å². The molecule has 142 valence electrons. The highest BCUT2D eigenvalue weighted by molar-refractivity contribution is 5.81. The van der Waals surface area contributed by atoms with E-state index in [-0.39, 0.29) is 12.1 Å². The minimum absolute atomic E-state index is 0.221. The largest absolute Gasteiger partial charge is 0.484 e. The summed E-state index contributed by atoms with van der Waals surface area (Å²) in [6.07, 6.45) is 6.69. The smallest absolute Gasteiger partial charge is 0.213 e. The monoisotopic (exact) mass is 375 g/mol. The first-order valence-corrected chi connectivity index (χ1v) is 8.96. The molecule has 0 fully saturated rings. The number of hydrogen-bond acceptors (Lipinski definition) is 6. The third-order valence-corrected chi connectivity index (χ3v) is 4.47. The highest BCUT2D eigenvalue weighted by atomic mass is 16.5. The molecule has 1 aromatic carbocycles. The van der Waals surface area contributed by atoms with Crippen LogP contribution in [0.4, 0.5) is 0 Å². The first kappa shape index (κ1) is 17.9. The molecule has 0 amide bonds. The Hall–Kier alpha value is -3.45. The molecule has 2 N–H and O–H groups in total. The van der Waals surface area contributed by atoms with Gasteiger partial charge in [-0.1, -0.05) is 0 Å². The van der Waals surface area contributed by atoms with Crippen molar-refractivity contribution in [2.24, 2.45) is 5.73 Å². The molecular weight excluding hydrogens is 354 g/mol. The molecule has 0 aliphatic rings. The second-order valence-electron chi connectivity index (χ2n) is 6.52. The molecular formula is C21H21N5O2. The molecule has 0 bridgehead atoms. The molecule has 2 unspecified atom stereocenters. The molecule has 2 atom stereocenters. The normalized spacial score (nSPS) is 13.2. The predicted octanol–water partition coefficient (Wildman–Crippen LogP) is 3.29. The van der Waals surface area contributed by atoms with Crippen molar-refractivity contribution in [3.8, 4) is 17.3 Å². The van der Waals surface area contributed by atoms with Gasteiger partial charge in [0, 0.05) is 35.5 Å². The van der Waals surface area contributed by atoms with Gasteiger partial charge in [-0.3, -0.25) is 4.98 Å². The van der Waals surface area contributed by atoms with Crippen LogP contribution in [0.1, 0.15) is 18.6 Å². The number of ether oxygens (including phenoxy) is 2. The van der Waals surface area contributed by atoms with Crippen molar-refractivity contribution in [2.45, 2.75) is 19.1 Å². The van der Waals surface area contributed by atoms with Gasteiger partial charge in [0.25, 0.3) is 0 Å². The minimum atomic E-state index is -0.331. The Balaban J connectivity index is 1.65. The Kier molecular flexibility index (Phi) is 4.90. The van der Waals surface area contributed by atoms with Gasteiger partial charge >= 0.3 is 0 Å². The lowest BCUT2D eigenvalue weighted by Gasteiger charge is -2.23. The Bertz CT molecular complexity index is 1080. The summed E-state index contributed by atoms with van der Waals surface area (Å²) in [7, 11) is 1.59. The lowest BCUT2D eigenvalue weighted by molar-refractivity contribution is 0.180. The maximum Gasteiger partial charge on any atom is 0.213 e. The third kappa shape index (κ3) is 3.52. The number of fused-ring (bicyclic) bond motifs is 1. The predicted molar refractivity (Wildman–Crippen MR) is 107 cm³/mol. The molecule has 0 saturated carbocycles. The summed E-state index contributed by atoms with van der Waals surface area (Å²) in [6.45, 7) is 1.91. The van der Waals surface area contributed by atoms with Crippen molar-refractivity contribution in [1.82, 2.24) is 19.7 Å². The maximum atomic E-state index is 6.23. The number of nitrogens with two attached hydrogens (primary N) is 1. The second-order valence-corrected chi connectivity index (χ2v) is 6.52. The van der Waals surface area contributed by atoms with Crippen LogP contribution in [0, 0.1) is 0 Å². The zero-order valence-electron chi connectivity index (χ0n) is 15.7. The fourth-order valence-electron chi connectivity index (χ4n) is 3.11. The van der Waals surface area contributed by atoms with Crippen LogP contribution in [0.15, 0.2) is 67.3 Å². The van der Waals surface area contributed by atoms with Gasteiger partial charge in [-0.2, -0.15) is 5.10 Å². The summed E-state index contributed by atoms with van der Waals surface area (Å²) in [4.78, 5) is 8.30. The van der Waals surface area contributed by atoms with E-state index < -0.39 is 0 Å². The molecule has 0 radical (unpaired) electrons. The summed E-state index contributed by atoms with van der Waals surface area (Å²) in [5.74, 6) is 1.25. The number of pyridine rings is 2. The highest BCUT2D eigenvalue weighted by Crippen LogP contribution is 2.29. The van der Waals surface area contributed by atoms with Crippen LogP contribution in [-0.2, 0) is 0 Å². The number of nitrogens with zero attached hydrogens (tertiary/aromatic N) is 4. The summed E-state index contributed by atoms with van der Waals surface area (Å²) < 4.78 is 13.3. The summed E-state index contributed by atoms with van der Waals surface area (Å²) in [6, 6.07) is 13.2. The van der Waals surface area contributed by atoms with Crippen molar-refractivity contribution >= 4 is 10.9 Å². The molecule has 4 aromatic rings. The standard InChI is InChI=1S/C21H21N5O2/c1-14(22)21(15-7-9-24-20(11-15)27-2)28-18-5-6-19-16(10-18)12-25-26(19)17-4-3-8-23-13-17/h3-14,21H,22H2,1-2H3. The Morgan fingerprint density at radius 2 is 1.96 bits per heavy atom. The van der Waals surface area contributed by atoms with E-state index in [2.05, 4.69) is 15.1 Å². The first-order valence-electron chi connectivity index (χ1n) is 8.96. The van der Waals surface area contributed by atoms with Gasteiger partial charge in [0.1, 0.15) is 11.9 Å². The van der Waals surface area contributed by atoms with E-state index >= 15 is 0 Å². The molecule has 3 aromatic heterocycles. The van der Waals surface area contributed by atoms with Crippen LogP contribution >= 0.6 is 0 Å². The molecule has 3 heterocycles. The van der Waals surface area contributed by atoms with Gasteiger partial charge in [-0.15, -0.1) is 0 Å². The van der Waals surface area contributed by atoms with E-state index in [1.165, 1.54) is 0 Å². The molecule has 0 spiro atoms. The van der Waals surface area contributed by atoms with Crippen LogP contribution in [-0.4, -0.2) is 32.9 Å². The lowest BCUT2D eigenvalue weighted by atomic mass is 10.1. The molecule has 7 heteroatoms. The van der Waals surface area contributed by atoms with E-state index in [0.29, 0.717) is 5.88 Å². The van der Waals surface area contributed by atoms with Gasteiger partial charge in [-0.25, -0.2) is 9.67 Å². The Morgan fingerprint density at radius 3 is 2.71 bits per heavy atom. The SMILES string of the molecule is COc1cc(C(Oc2ccc3c(cnn3-c3cccnc3)c2)C(C)N)ccn1. The molecule has 0 aliphatic carbocycles. The zero-order chi connectivity index (χ0) is 19.5. The van der Waals surface area contributed by atoms with Crippen LogP contribution in [0.2, 0.25) is 0 Å². The van der Waals surface area contributed by atoms with Crippen molar-refractivity contribution in [2.75, 3.05) is 7.11 Å². The highest BCUT2D eigenvalue weighted by Gasteiger charge is 2.20. The van der Waals surface area contributed by atoms with Crippen LogP contribution in [0.5, 0.6) is 11.6 Å².